The SMILES string of the molecule is COCC(CCO)NC(=O)c1ccc(Cl)nn1. The van der Waals surface area contributed by atoms with Crippen LogP contribution in [-0.4, -0.2) is 47.6 Å². The molecule has 0 aromatic carbocycles. The molecule has 1 rings (SSSR count). The minimum atomic E-state index is -0.371. The maximum atomic E-state index is 11.7. The number of hydrogen-bond donors (Lipinski definition) is 2. The number of aliphatic hydroxyl groups excluding tert-OH is 1. The summed E-state index contributed by atoms with van der Waals surface area (Å²) in [6.07, 6.45) is 0.417. The highest BCUT2D eigenvalue weighted by molar-refractivity contribution is 6.29. The van der Waals surface area contributed by atoms with E-state index in [0.717, 1.165) is 0 Å². The normalized spacial score (nSPS) is 12.2. The number of ether oxygens (including phenoxy) is 1. The van der Waals surface area contributed by atoms with Crippen molar-refractivity contribution in [2.75, 3.05) is 20.3 Å². The first-order valence-corrected chi connectivity index (χ1v) is 5.45. The van der Waals surface area contributed by atoms with Crippen molar-refractivity contribution in [1.29, 1.82) is 0 Å². The zero-order valence-electron chi connectivity index (χ0n) is 9.39. The molecule has 1 amide bonds. The van der Waals surface area contributed by atoms with E-state index in [1.165, 1.54) is 19.2 Å². The van der Waals surface area contributed by atoms with Crippen LogP contribution in [0, 0.1) is 0 Å². The number of carbonyl (C=O) groups excluding carboxylic acids is 1. The monoisotopic (exact) mass is 259 g/mol. The first kappa shape index (κ1) is 13.8. The Morgan fingerprint density at radius 1 is 1.59 bits per heavy atom. The van der Waals surface area contributed by atoms with E-state index in [1.54, 1.807) is 0 Å². The Labute approximate surface area is 104 Å². The van der Waals surface area contributed by atoms with Gasteiger partial charge < -0.3 is 15.2 Å². The molecule has 0 saturated carbocycles. The van der Waals surface area contributed by atoms with Crippen molar-refractivity contribution in [3.8, 4) is 0 Å². The maximum Gasteiger partial charge on any atom is 0.272 e. The molecular weight excluding hydrogens is 246 g/mol. The number of nitrogens with zero attached hydrogens (tertiary/aromatic N) is 2. The minimum Gasteiger partial charge on any atom is -0.396 e. The fourth-order valence-electron chi connectivity index (χ4n) is 1.25. The van der Waals surface area contributed by atoms with Gasteiger partial charge in [0.05, 0.1) is 12.6 Å². The van der Waals surface area contributed by atoms with E-state index in [0.29, 0.717) is 13.0 Å². The molecule has 1 aromatic heterocycles. The van der Waals surface area contributed by atoms with Crippen LogP contribution in [0.15, 0.2) is 12.1 Å². The minimum absolute atomic E-state index is 0.0272. The molecular formula is C10H14ClN3O3. The molecule has 0 bridgehead atoms. The molecule has 0 radical (unpaired) electrons. The number of rotatable bonds is 6. The fraction of sp³-hybridized carbons (Fsp3) is 0.500. The molecule has 7 heteroatoms. The van der Waals surface area contributed by atoms with Gasteiger partial charge in [-0.25, -0.2) is 0 Å². The lowest BCUT2D eigenvalue weighted by Gasteiger charge is -2.16. The standard InChI is InChI=1S/C10H14ClN3O3/c1-17-6-7(4-5-15)12-10(16)8-2-3-9(11)14-13-8/h2-3,7,15H,4-6H2,1H3,(H,12,16). The van der Waals surface area contributed by atoms with E-state index in [4.69, 9.17) is 21.4 Å². The topological polar surface area (TPSA) is 84.3 Å². The smallest absolute Gasteiger partial charge is 0.272 e. The molecule has 1 aromatic rings. The van der Waals surface area contributed by atoms with Crippen molar-refractivity contribution in [3.63, 3.8) is 0 Å². The summed E-state index contributed by atoms with van der Waals surface area (Å²) in [4.78, 5) is 11.7. The number of methoxy groups -OCH3 is 1. The zero-order chi connectivity index (χ0) is 12.7. The lowest BCUT2D eigenvalue weighted by molar-refractivity contribution is 0.0873. The molecule has 1 heterocycles. The molecule has 1 atom stereocenters. The molecule has 0 aliphatic carbocycles. The van der Waals surface area contributed by atoms with E-state index in [-0.39, 0.29) is 29.4 Å². The summed E-state index contributed by atoms with van der Waals surface area (Å²) in [5.74, 6) is -0.371. The highest BCUT2D eigenvalue weighted by atomic mass is 35.5. The molecule has 0 fully saturated rings. The number of amides is 1. The van der Waals surface area contributed by atoms with Gasteiger partial charge in [-0.3, -0.25) is 4.79 Å². The number of aromatic nitrogens is 2. The van der Waals surface area contributed by atoms with Crippen LogP contribution in [0.3, 0.4) is 0 Å². The first-order chi connectivity index (χ1) is 8.17. The lowest BCUT2D eigenvalue weighted by Crippen LogP contribution is -2.39. The molecule has 0 aliphatic rings. The molecule has 0 saturated heterocycles. The summed E-state index contributed by atoms with van der Waals surface area (Å²) in [6.45, 7) is 0.300. The van der Waals surface area contributed by atoms with Crippen LogP contribution in [-0.2, 0) is 4.74 Å². The van der Waals surface area contributed by atoms with Crippen molar-refractivity contribution in [1.82, 2.24) is 15.5 Å². The van der Waals surface area contributed by atoms with Crippen molar-refractivity contribution in [2.45, 2.75) is 12.5 Å². The van der Waals surface area contributed by atoms with Gasteiger partial charge >= 0.3 is 0 Å². The van der Waals surface area contributed by atoms with Gasteiger partial charge in [-0.15, -0.1) is 10.2 Å². The highest BCUT2D eigenvalue weighted by Crippen LogP contribution is 2.03. The van der Waals surface area contributed by atoms with Crippen LogP contribution >= 0.6 is 11.6 Å². The maximum absolute atomic E-state index is 11.7. The van der Waals surface area contributed by atoms with Gasteiger partial charge in [-0.2, -0.15) is 0 Å². The third kappa shape index (κ3) is 4.64. The molecule has 17 heavy (non-hydrogen) atoms. The number of nitrogens with one attached hydrogen (secondary N) is 1. The molecule has 94 valence electrons. The Kier molecular flexibility index (Phi) is 5.82. The van der Waals surface area contributed by atoms with E-state index >= 15 is 0 Å². The van der Waals surface area contributed by atoms with Gasteiger partial charge in [-0.05, 0) is 18.6 Å². The number of halogens is 1. The van der Waals surface area contributed by atoms with Crippen LogP contribution in [0.2, 0.25) is 5.15 Å². The Bertz CT molecular complexity index is 352. The van der Waals surface area contributed by atoms with Crippen molar-refractivity contribution < 1.29 is 14.6 Å². The van der Waals surface area contributed by atoms with Crippen LogP contribution in [0.1, 0.15) is 16.9 Å². The predicted molar refractivity (Wildman–Crippen MR) is 61.9 cm³/mol. The Morgan fingerprint density at radius 3 is 2.88 bits per heavy atom. The van der Waals surface area contributed by atoms with Gasteiger partial charge in [0.15, 0.2) is 10.8 Å². The molecule has 0 spiro atoms. The van der Waals surface area contributed by atoms with Gasteiger partial charge in [0.2, 0.25) is 0 Å². The third-order valence-electron chi connectivity index (χ3n) is 2.05. The van der Waals surface area contributed by atoms with Crippen LogP contribution in [0.25, 0.3) is 0 Å². The second-order valence-electron chi connectivity index (χ2n) is 3.38. The molecule has 1 unspecified atom stereocenters. The Morgan fingerprint density at radius 2 is 2.35 bits per heavy atom. The van der Waals surface area contributed by atoms with Gasteiger partial charge in [-0.1, -0.05) is 11.6 Å². The summed E-state index contributed by atoms with van der Waals surface area (Å²) >= 11 is 5.56. The van der Waals surface area contributed by atoms with E-state index < -0.39 is 0 Å². The van der Waals surface area contributed by atoms with Gasteiger partial charge in [0.1, 0.15) is 0 Å². The quantitative estimate of drug-likeness (QED) is 0.765. The van der Waals surface area contributed by atoms with E-state index in [9.17, 15) is 4.79 Å². The largest absolute Gasteiger partial charge is 0.396 e. The molecule has 2 N–H and O–H groups in total. The number of aliphatic hydroxyl groups is 1. The number of carbonyl (C=O) groups is 1. The van der Waals surface area contributed by atoms with Crippen molar-refractivity contribution >= 4 is 17.5 Å². The fourth-order valence-corrected chi connectivity index (χ4v) is 1.35. The van der Waals surface area contributed by atoms with E-state index in [1.807, 2.05) is 0 Å². The Hall–Kier alpha value is -1.24. The van der Waals surface area contributed by atoms with Crippen LogP contribution in [0.5, 0.6) is 0 Å². The summed E-state index contributed by atoms with van der Waals surface area (Å²) in [6, 6.07) is 2.71. The summed E-state index contributed by atoms with van der Waals surface area (Å²) < 4.78 is 4.93. The van der Waals surface area contributed by atoms with Gasteiger partial charge in [0, 0.05) is 13.7 Å². The van der Waals surface area contributed by atoms with Crippen LogP contribution < -0.4 is 5.32 Å². The number of hydrogen-bond acceptors (Lipinski definition) is 5. The average Bonchev–Trinajstić information content (AvgIpc) is 2.30. The van der Waals surface area contributed by atoms with Crippen molar-refractivity contribution in [2.24, 2.45) is 0 Å². The van der Waals surface area contributed by atoms with Crippen LogP contribution in [0.4, 0.5) is 0 Å². The second kappa shape index (κ2) is 7.16. The Balaban J connectivity index is 2.60. The lowest BCUT2D eigenvalue weighted by atomic mass is 10.2. The first-order valence-electron chi connectivity index (χ1n) is 5.07. The summed E-state index contributed by atoms with van der Waals surface area (Å²) in [7, 11) is 1.53. The summed E-state index contributed by atoms with van der Waals surface area (Å²) in [5.41, 5.74) is 0.174. The summed E-state index contributed by atoms with van der Waals surface area (Å²) in [5, 5.41) is 19.0. The molecule has 6 nitrogen and oxygen atoms in total. The third-order valence-corrected chi connectivity index (χ3v) is 2.25. The second-order valence-corrected chi connectivity index (χ2v) is 3.77. The predicted octanol–water partition coefficient (Wildman–Crippen LogP) is 0.257. The van der Waals surface area contributed by atoms with Gasteiger partial charge in [0.25, 0.3) is 5.91 Å². The molecule has 0 aliphatic heterocycles. The zero-order valence-corrected chi connectivity index (χ0v) is 10.1. The average molecular weight is 260 g/mol. The highest BCUT2D eigenvalue weighted by Gasteiger charge is 2.14. The van der Waals surface area contributed by atoms with E-state index in [2.05, 4.69) is 15.5 Å². The van der Waals surface area contributed by atoms with Crippen molar-refractivity contribution in [3.05, 3.63) is 23.0 Å².